The van der Waals surface area contributed by atoms with Crippen LogP contribution in [0.25, 0.3) is 11.0 Å². The maximum atomic E-state index is 12.0. The molecule has 0 spiro atoms. The van der Waals surface area contributed by atoms with Crippen molar-refractivity contribution in [2.24, 2.45) is 5.92 Å². The molecule has 6 heteroatoms. The fraction of sp³-hybridized carbons (Fsp3) is 0.429. The normalized spacial score (nSPS) is 20.6. The number of hydrogen-bond acceptors (Lipinski definition) is 5. The molecule has 0 unspecified atom stereocenters. The third-order valence-corrected chi connectivity index (χ3v) is 5.41. The van der Waals surface area contributed by atoms with Crippen LogP contribution < -0.4 is 5.63 Å². The molecule has 0 radical (unpaired) electrons. The molecule has 27 heavy (non-hydrogen) atoms. The lowest BCUT2D eigenvalue weighted by Crippen LogP contribution is -2.22. The number of H-pyrrole nitrogens is 1. The summed E-state index contributed by atoms with van der Waals surface area (Å²) in [6, 6.07) is 9.58. The number of hydrogen-bond donors (Lipinski definition) is 2. The van der Waals surface area contributed by atoms with Crippen molar-refractivity contribution in [3.05, 3.63) is 63.3 Å². The number of β-amino-alcohol motifs (C(OH)–C–C–N with tert-alkyl or cyclic N) is 1. The van der Waals surface area contributed by atoms with Crippen LogP contribution in [0.4, 0.5) is 0 Å². The molecule has 2 N–H and O–H groups in total. The molecular weight excluding hydrogens is 342 g/mol. The molecule has 2 atom stereocenters. The lowest BCUT2D eigenvalue weighted by atomic mass is 10.00. The smallest absolute Gasteiger partial charge is 0.336 e. The molecule has 1 fully saturated rings. The minimum Gasteiger partial charge on any atom is -0.423 e. The van der Waals surface area contributed by atoms with Gasteiger partial charge in [0, 0.05) is 42.7 Å². The average molecular weight is 367 g/mol. The van der Waals surface area contributed by atoms with Gasteiger partial charge in [-0.25, -0.2) is 4.79 Å². The van der Waals surface area contributed by atoms with Crippen molar-refractivity contribution in [1.82, 2.24) is 15.1 Å². The Hall–Kier alpha value is -2.44. The van der Waals surface area contributed by atoms with Crippen LogP contribution >= 0.6 is 0 Å². The molecule has 0 bridgehead atoms. The minimum absolute atomic E-state index is 0.144. The highest BCUT2D eigenvalue weighted by molar-refractivity contribution is 5.80. The van der Waals surface area contributed by atoms with Crippen LogP contribution in [0, 0.1) is 12.8 Å². The van der Waals surface area contributed by atoms with Crippen LogP contribution in [-0.2, 0) is 19.4 Å². The molecule has 142 valence electrons. The summed E-state index contributed by atoms with van der Waals surface area (Å²) in [7, 11) is 0. The van der Waals surface area contributed by atoms with E-state index in [0.717, 1.165) is 41.7 Å². The molecular formula is C21H25N3O3. The van der Waals surface area contributed by atoms with E-state index in [0.29, 0.717) is 18.7 Å². The number of fused-ring (bicyclic) bond motifs is 1. The van der Waals surface area contributed by atoms with E-state index in [-0.39, 0.29) is 17.6 Å². The second-order valence-electron chi connectivity index (χ2n) is 7.54. The molecule has 2 aromatic heterocycles. The number of nitrogens with zero attached hydrogens (tertiary/aromatic N) is 2. The molecule has 0 saturated carbocycles. The fourth-order valence-corrected chi connectivity index (χ4v) is 3.99. The SMILES string of the molecule is CCc1ccc2oc(=O)cc(CN3C[C@@H](Cc4cc(C)[nH]n4)[C@H](O)C3)c2c1. The van der Waals surface area contributed by atoms with Crippen molar-refractivity contribution < 1.29 is 9.52 Å². The first-order valence-electron chi connectivity index (χ1n) is 9.49. The molecule has 1 aliphatic rings. The van der Waals surface area contributed by atoms with Gasteiger partial charge in [0.05, 0.1) is 11.8 Å². The Balaban J connectivity index is 1.54. The minimum atomic E-state index is -0.389. The summed E-state index contributed by atoms with van der Waals surface area (Å²) in [6.07, 6.45) is 1.29. The summed E-state index contributed by atoms with van der Waals surface area (Å²) in [4.78, 5) is 14.2. The van der Waals surface area contributed by atoms with Gasteiger partial charge in [-0.05, 0) is 49.1 Å². The third-order valence-electron chi connectivity index (χ3n) is 5.41. The first kappa shape index (κ1) is 17.9. The zero-order chi connectivity index (χ0) is 19.0. The number of rotatable bonds is 5. The molecule has 6 nitrogen and oxygen atoms in total. The predicted octanol–water partition coefficient (Wildman–Crippen LogP) is 2.42. The van der Waals surface area contributed by atoms with Gasteiger partial charge < -0.3 is 9.52 Å². The highest BCUT2D eigenvalue weighted by atomic mass is 16.4. The van der Waals surface area contributed by atoms with Gasteiger partial charge in [0.15, 0.2) is 0 Å². The van der Waals surface area contributed by atoms with Crippen LogP contribution in [0.15, 0.2) is 39.5 Å². The van der Waals surface area contributed by atoms with Crippen molar-refractivity contribution in [2.75, 3.05) is 13.1 Å². The van der Waals surface area contributed by atoms with Crippen LogP contribution in [0.1, 0.15) is 29.4 Å². The second kappa shape index (κ2) is 7.29. The third kappa shape index (κ3) is 3.82. The zero-order valence-electron chi connectivity index (χ0n) is 15.7. The fourth-order valence-electron chi connectivity index (χ4n) is 3.99. The Bertz CT molecular complexity index is 1010. The monoisotopic (exact) mass is 367 g/mol. The van der Waals surface area contributed by atoms with Gasteiger partial charge in [0.25, 0.3) is 0 Å². The molecule has 1 saturated heterocycles. The Kier molecular flexibility index (Phi) is 4.85. The number of aliphatic hydroxyl groups excluding tert-OH is 1. The Morgan fingerprint density at radius 3 is 2.89 bits per heavy atom. The molecule has 3 aromatic rings. The molecule has 0 amide bonds. The molecule has 1 aliphatic heterocycles. The Morgan fingerprint density at radius 2 is 2.15 bits per heavy atom. The summed E-state index contributed by atoms with van der Waals surface area (Å²) >= 11 is 0. The second-order valence-corrected chi connectivity index (χ2v) is 7.54. The van der Waals surface area contributed by atoms with Gasteiger partial charge in [0.2, 0.25) is 0 Å². The van der Waals surface area contributed by atoms with Crippen LogP contribution in [0.2, 0.25) is 0 Å². The van der Waals surface area contributed by atoms with Crippen molar-refractivity contribution in [3.8, 4) is 0 Å². The highest BCUT2D eigenvalue weighted by Crippen LogP contribution is 2.25. The van der Waals surface area contributed by atoms with Gasteiger partial charge in [0.1, 0.15) is 5.58 Å². The molecule has 1 aromatic carbocycles. The van der Waals surface area contributed by atoms with Crippen molar-refractivity contribution in [3.63, 3.8) is 0 Å². The lowest BCUT2D eigenvalue weighted by Gasteiger charge is -2.16. The van der Waals surface area contributed by atoms with E-state index in [1.807, 2.05) is 25.1 Å². The van der Waals surface area contributed by atoms with Crippen molar-refractivity contribution >= 4 is 11.0 Å². The molecule has 3 heterocycles. The number of likely N-dealkylation sites (tertiary alicyclic amines) is 1. The lowest BCUT2D eigenvalue weighted by molar-refractivity contribution is 0.140. The first-order valence-corrected chi connectivity index (χ1v) is 9.49. The Morgan fingerprint density at radius 1 is 1.30 bits per heavy atom. The predicted molar refractivity (Wildman–Crippen MR) is 104 cm³/mol. The maximum Gasteiger partial charge on any atom is 0.336 e. The average Bonchev–Trinajstić information content (AvgIpc) is 3.20. The van der Waals surface area contributed by atoms with E-state index in [1.54, 1.807) is 6.07 Å². The molecule has 4 rings (SSSR count). The standard InChI is InChI=1S/C21H25N3O3/c1-3-14-4-5-20-18(7-14)15(9-21(26)27-20)10-24-11-16(19(25)12-24)8-17-6-13(2)22-23-17/h4-7,9,16,19,25H,3,8,10-12H2,1-2H3,(H,22,23)/t16-,19-/m1/s1. The van der Waals surface area contributed by atoms with E-state index >= 15 is 0 Å². The number of aromatic amines is 1. The largest absolute Gasteiger partial charge is 0.423 e. The number of aryl methyl sites for hydroxylation is 2. The summed E-state index contributed by atoms with van der Waals surface area (Å²) < 4.78 is 5.35. The van der Waals surface area contributed by atoms with E-state index in [1.165, 1.54) is 5.56 Å². The van der Waals surface area contributed by atoms with Gasteiger partial charge in [-0.15, -0.1) is 0 Å². The number of aromatic nitrogens is 2. The van der Waals surface area contributed by atoms with Gasteiger partial charge >= 0.3 is 5.63 Å². The summed E-state index contributed by atoms with van der Waals surface area (Å²) in [5.41, 5.74) is 4.48. The topological polar surface area (TPSA) is 82.4 Å². The summed E-state index contributed by atoms with van der Waals surface area (Å²) in [6.45, 7) is 6.09. The van der Waals surface area contributed by atoms with Gasteiger partial charge in [-0.2, -0.15) is 5.10 Å². The number of nitrogens with one attached hydrogen (secondary N) is 1. The Labute approximate surface area is 157 Å². The van der Waals surface area contributed by atoms with E-state index in [9.17, 15) is 9.90 Å². The first-order chi connectivity index (χ1) is 13.0. The number of aliphatic hydroxyl groups is 1. The van der Waals surface area contributed by atoms with E-state index < -0.39 is 0 Å². The summed E-state index contributed by atoms with van der Waals surface area (Å²) in [5, 5.41) is 18.7. The van der Waals surface area contributed by atoms with Gasteiger partial charge in [-0.1, -0.05) is 13.0 Å². The molecule has 0 aliphatic carbocycles. The van der Waals surface area contributed by atoms with Crippen molar-refractivity contribution in [2.45, 2.75) is 39.3 Å². The van der Waals surface area contributed by atoms with E-state index in [4.69, 9.17) is 4.42 Å². The zero-order valence-corrected chi connectivity index (χ0v) is 15.7. The number of benzene rings is 1. The van der Waals surface area contributed by atoms with Crippen LogP contribution in [0.3, 0.4) is 0 Å². The quantitative estimate of drug-likeness (QED) is 0.677. The van der Waals surface area contributed by atoms with Crippen molar-refractivity contribution in [1.29, 1.82) is 0 Å². The highest BCUT2D eigenvalue weighted by Gasteiger charge is 2.32. The maximum absolute atomic E-state index is 12.0. The van der Waals surface area contributed by atoms with Crippen LogP contribution in [-0.4, -0.2) is 39.4 Å². The van der Waals surface area contributed by atoms with Gasteiger partial charge in [-0.3, -0.25) is 10.00 Å². The van der Waals surface area contributed by atoms with E-state index in [2.05, 4.69) is 28.1 Å². The van der Waals surface area contributed by atoms with Crippen LogP contribution in [0.5, 0.6) is 0 Å². The summed E-state index contributed by atoms with van der Waals surface area (Å²) in [5.74, 6) is 0.144.